The predicted octanol–water partition coefficient (Wildman–Crippen LogP) is 0.455. The molecule has 108 valence electrons. The SMILES string of the molecule is CC1CCC(C(=O)N(C)CC(=O)N2CCCC2)CN1. The Morgan fingerprint density at radius 1 is 1.26 bits per heavy atom. The van der Waals surface area contributed by atoms with Crippen LogP contribution in [0.2, 0.25) is 0 Å². The van der Waals surface area contributed by atoms with Gasteiger partial charge in [-0.2, -0.15) is 0 Å². The maximum Gasteiger partial charge on any atom is 0.242 e. The third-order valence-electron chi connectivity index (χ3n) is 4.22. The molecule has 5 nitrogen and oxygen atoms in total. The van der Waals surface area contributed by atoms with Crippen LogP contribution in [0.3, 0.4) is 0 Å². The van der Waals surface area contributed by atoms with Crippen LogP contribution in [0.25, 0.3) is 0 Å². The van der Waals surface area contributed by atoms with Crippen LogP contribution >= 0.6 is 0 Å². The van der Waals surface area contributed by atoms with Gasteiger partial charge in [-0.15, -0.1) is 0 Å². The van der Waals surface area contributed by atoms with Crippen LogP contribution in [0.15, 0.2) is 0 Å². The number of hydrogen-bond acceptors (Lipinski definition) is 3. The summed E-state index contributed by atoms with van der Waals surface area (Å²) < 4.78 is 0. The molecule has 0 aromatic heterocycles. The van der Waals surface area contributed by atoms with E-state index in [9.17, 15) is 9.59 Å². The molecule has 2 aliphatic heterocycles. The number of likely N-dealkylation sites (N-methyl/N-ethyl adjacent to an activating group) is 1. The summed E-state index contributed by atoms with van der Waals surface area (Å²) in [7, 11) is 1.74. The van der Waals surface area contributed by atoms with Crippen LogP contribution < -0.4 is 5.32 Å². The summed E-state index contributed by atoms with van der Waals surface area (Å²) in [6.07, 6.45) is 4.14. The van der Waals surface area contributed by atoms with Crippen molar-refractivity contribution in [1.29, 1.82) is 0 Å². The van der Waals surface area contributed by atoms with E-state index < -0.39 is 0 Å². The number of amides is 2. The summed E-state index contributed by atoms with van der Waals surface area (Å²) in [6, 6.07) is 0.501. The van der Waals surface area contributed by atoms with Gasteiger partial charge in [0.05, 0.1) is 12.5 Å². The van der Waals surface area contributed by atoms with E-state index in [-0.39, 0.29) is 24.3 Å². The Hall–Kier alpha value is -1.10. The molecule has 0 aliphatic carbocycles. The normalized spacial score (nSPS) is 27.4. The van der Waals surface area contributed by atoms with Gasteiger partial charge < -0.3 is 15.1 Å². The summed E-state index contributed by atoms with van der Waals surface area (Å²) in [6.45, 7) is 4.81. The minimum Gasteiger partial charge on any atom is -0.341 e. The highest BCUT2D eigenvalue weighted by atomic mass is 16.2. The van der Waals surface area contributed by atoms with Crippen LogP contribution in [-0.4, -0.2) is 60.9 Å². The number of rotatable bonds is 3. The van der Waals surface area contributed by atoms with Crippen molar-refractivity contribution in [3.05, 3.63) is 0 Å². The van der Waals surface area contributed by atoms with Gasteiger partial charge in [-0.25, -0.2) is 0 Å². The Labute approximate surface area is 115 Å². The van der Waals surface area contributed by atoms with Crippen LogP contribution in [0.5, 0.6) is 0 Å². The topological polar surface area (TPSA) is 52.7 Å². The zero-order chi connectivity index (χ0) is 13.8. The van der Waals surface area contributed by atoms with Gasteiger partial charge in [0.2, 0.25) is 11.8 Å². The lowest BCUT2D eigenvalue weighted by molar-refractivity contribution is -0.141. The number of carbonyl (C=O) groups excluding carboxylic acids is 2. The first-order valence-electron chi connectivity index (χ1n) is 7.34. The van der Waals surface area contributed by atoms with Crippen LogP contribution in [0, 0.1) is 5.92 Å². The third kappa shape index (κ3) is 3.69. The Balaban J connectivity index is 1.80. The molecule has 0 saturated carbocycles. The minimum atomic E-state index is 0.0348. The summed E-state index contributed by atoms with van der Waals surface area (Å²) in [5.41, 5.74) is 0. The fourth-order valence-corrected chi connectivity index (χ4v) is 2.87. The van der Waals surface area contributed by atoms with Crippen LogP contribution in [0.1, 0.15) is 32.6 Å². The van der Waals surface area contributed by atoms with E-state index in [1.54, 1.807) is 11.9 Å². The van der Waals surface area contributed by atoms with E-state index in [1.165, 1.54) is 0 Å². The smallest absolute Gasteiger partial charge is 0.242 e. The molecule has 19 heavy (non-hydrogen) atoms. The van der Waals surface area contributed by atoms with Gasteiger partial charge >= 0.3 is 0 Å². The average Bonchev–Trinajstić information content (AvgIpc) is 2.92. The Kier molecular flexibility index (Phi) is 4.80. The predicted molar refractivity (Wildman–Crippen MR) is 73.6 cm³/mol. The number of nitrogens with one attached hydrogen (secondary N) is 1. The number of likely N-dealkylation sites (tertiary alicyclic amines) is 1. The number of carbonyl (C=O) groups is 2. The number of piperidine rings is 1. The minimum absolute atomic E-state index is 0.0348. The fraction of sp³-hybridized carbons (Fsp3) is 0.857. The first kappa shape index (κ1) is 14.3. The largest absolute Gasteiger partial charge is 0.341 e. The van der Waals surface area contributed by atoms with Crippen molar-refractivity contribution in [3.8, 4) is 0 Å². The maximum absolute atomic E-state index is 12.3. The van der Waals surface area contributed by atoms with Crippen molar-refractivity contribution in [1.82, 2.24) is 15.1 Å². The van der Waals surface area contributed by atoms with Gasteiger partial charge in [-0.05, 0) is 32.6 Å². The number of hydrogen-bond donors (Lipinski definition) is 1. The molecule has 0 aromatic rings. The van der Waals surface area contributed by atoms with E-state index in [4.69, 9.17) is 0 Å². The van der Waals surface area contributed by atoms with Crippen molar-refractivity contribution in [3.63, 3.8) is 0 Å². The molecule has 2 amide bonds. The van der Waals surface area contributed by atoms with E-state index in [1.807, 2.05) is 4.90 Å². The second kappa shape index (κ2) is 6.37. The highest BCUT2D eigenvalue weighted by molar-refractivity contribution is 5.86. The van der Waals surface area contributed by atoms with Crippen molar-refractivity contribution >= 4 is 11.8 Å². The van der Waals surface area contributed by atoms with Crippen molar-refractivity contribution < 1.29 is 9.59 Å². The molecule has 0 bridgehead atoms. The van der Waals surface area contributed by atoms with Gasteiger partial charge in [0, 0.05) is 32.7 Å². The first-order valence-corrected chi connectivity index (χ1v) is 7.34. The zero-order valence-electron chi connectivity index (χ0n) is 12.0. The molecule has 2 saturated heterocycles. The second-order valence-corrected chi connectivity index (χ2v) is 5.87. The quantitative estimate of drug-likeness (QED) is 0.808. The van der Waals surface area contributed by atoms with Gasteiger partial charge in [0.15, 0.2) is 0 Å². The molecule has 5 heteroatoms. The Bertz CT molecular complexity index is 332. The molecule has 2 rings (SSSR count). The summed E-state index contributed by atoms with van der Waals surface area (Å²) >= 11 is 0. The van der Waals surface area contributed by atoms with Crippen molar-refractivity contribution in [2.75, 3.05) is 33.2 Å². The monoisotopic (exact) mass is 267 g/mol. The summed E-state index contributed by atoms with van der Waals surface area (Å²) in [4.78, 5) is 27.7. The molecular weight excluding hydrogens is 242 g/mol. The third-order valence-corrected chi connectivity index (χ3v) is 4.22. The van der Waals surface area contributed by atoms with E-state index in [0.717, 1.165) is 45.3 Å². The molecule has 2 atom stereocenters. The average molecular weight is 267 g/mol. The molecule has 2 aliphatic rings. The standard InChI is InChI=1S/C14H25N3O2/c1-11-5-6-12(9-15-11)14(19)16(2)10-13(18)17-7-3-4-8-17/h11-12,15H,3-10H2,1-2H3. The van der Waals surface area contributed by atoms with E-state index in [0.29, 0.717) is 6.04 Å². The second-order valence-electron chi connectivity index (χ2n) is 5.87. The molecule has 0 aromatic carbocycles. The van der Waals surface area contributed by atoms with Crippen molar-refractivity contribution in [2.24, 2.45) is 5.92 Å². The van der Waals surface area contributed by atoms with E-state index >= 15 is 0 Å². The lowest BCUT2D eigenvalue weighted by Gasteiger charge is -2.30. The van der Waals surface area contributed by atoms with Crippen molar-refractivity contribution in [2.45, 2.75) is 38.6 Å². The summed E-state index contributed by atoms with van der Waals surface area (Å²) in [5, 5.41) is 3.33. The molecule has 2 heterocycles. The fourth-order valence-electron chi connectivity index (χ4n) is 2.87. The lowest BCUT2D eigenvalue weighted by atomic mass is 9.94. The van der Waals surface area contributed by atoms with Gasteiger partial charge in [0.1, 0.15) is 0 Å². The first-order chi connectivity index (χ1) is 9.08. The lowest BCUT2D eigenvalue weighted by Crippen LogP contribution is -2.47. The van der Waals surface area contributed by atoms with Gasteiger partial charge in [0.25, 0.3) is 0 Å². The van der Waals surface area contributed by atoms with Crippen LogP contribution in [-0.2, 0) is 9.59 Å². The molecule has 1 N–H and O–H groups in total. The highest BCUT2D eigenvalue weighted by Gasteiger charge is 2.28. The van der Waals surface area contributed by atoms with Gasteiger partial charge in [-0.1, -0.05) is 0 Å². The highest BCUT2D eigenvalue weighted by Crippen LogP contribution is 2.16. The van der Waals surface area contributed by atoms with Crippen LogP contribution in [0.4, 0.5) is 0 Å². The Morgan fingerprint density at radius 2 is 1.95 bits per heavy atom. The summed E-state index contributed by atoms with van der Waals surface area (Å²) in [5.74, 6) is 0.227. The zero-order valence-corrected chi connectivity index (χ0v) is 12.0. The Morgan fingerprint density at radius 3 is 2.53 bits per heavy atom. The van der Waals surface area contributed by atoms with Gasteiger partial charge in [-0.3, -0.25) is 9.59 Å². The molecule has 2 unspecified atom stereocenters. The maximum atomic E-state index is 12.3. The molecule has 0 spiro atoms. The molecular formula is C14H25N3O2. The number of nitrogens with zero attached hydrogens (tertiary/aromatic N) is 2. The van der Waals surface area contributed by atoms with E-state index in [2.05, 4.69) is 12.2 Å². The molecule has 2 fully saturated rings. The molecule has 0 radical (unpaired) electrons.